The van der Waals surface area contributed by atoms with Gasteiger partial charge in [-0.1, -0.05) is 39.5 Å². The molecule has 4 nitrogen and oxygen atoms in total. The molecule has 0 aliphatic carbocycles. The van der Waals surface area contributed by atoms with Crippen molar-refractivity contribution in [1.82, 2.24) is 0 Å². The number of esters is 2. The van der Waals surface area contributed by atoms with E-state index in [2.05, 4.69) is 45.7 Å². The van der Waals surface area contributed by atoms with Crippen LogP contribution in [0.1, 0.15) is 73.1 Å². The molecule has 3 heterocycles. The van der Waals surface area contributed by atoms with Crippen LogP contribution >= 0.6 is 65.9 Å². The first kappa shape index (κ1) is 26.6. The third-order valence-electron chi connectivity index (χ3n) is 4.87. The van der Waals surface area contributed by atoms with E-state index in [9.17, 15) is 9.59 Å². The van der Waals surface area contributed by atoms with Crippen LogP contribution in [-0.4, -0.2) is 25.2 Å². The van der Waals surface area contributed by atoms with Crippen molar-refractivity contribution in [3.63, 3.8) is 0 Å². The van der Waals surface area contributed by atoms with E-state index in [0.29, 0.717) is 24.3 Å². The fourth-order valence-electron chi connectivity index (χ4n) is 3.05. The van der Waals surface area contributed by atoms with E-state index in [1.807, 2.05) is 24.3 Å². The maximum absolute atomic E-state index is 12.4. The number of thiophene rings is 3. The summed E-state index contributed by atoms with van der Waals surface area (Å²) in [4.78, 5) is 29.0. The van der Waals surface area contributed by atoms with E-state index >= 15 is 0 Å². The molecule has 0 aromatic carbocycles. The first-order valence-corrected chi connectivity index (χ1v) is 15.0. The lowest BCUT2D eigenvalue weighted by molar-refractivity contribution is 0.0488. The summed E-state index contributed by atoms with van der Waals surface area (Å²) >= 11 is 11.7. The third-order valence-corrected chi connectivity index (χ3v) is 10.0. The number of carbonyl (C=O) groups is 2. The molecule has 0 unspecified atom stereocenters. The number of hydrogen-bond acceptors (Lipinski definition) is 7. The molecule has 0 atom stereocenters. The van der Waals surface area contributed by atoms with E-state index in [4.69, 9.17) is 9.47 Å². The Balaban J connectivity index is 1.69. The lowest BCUT2D eigenvalue weighted by Gasteiger charge is -2.02. The number of ether oxygens (including phenoxy) is 2. The quantitative estimate of drug-likeness (QED) is 0.147. The smallest absolute Gasteiger partial charge is 0.340 e. The van der Waals surface area contributed by atoms with Gasteiger partial charge in [-0.2, -0.15) is 0 Å². The van der Waals surface area contributed by atoms with Gasteiger partial charge in [0.15, 0.2) is 0 Å². The molecule has 3 aromatic rings. The normalized spacial score (nSPS) is 11.0. The number of carbonyl (C=O) groups excluding carboxylic acids is 2. The molecule has 0 spiro atoms. The van der Waals surface area contributed by atoms with E-state index in [1.54, 1.807) is 11.3 Å². The minimum Gasteiger partial charge on any atom is -0.462 e. The molecule has 9 heteroatoms. The highest BCUT2D eigenvalue weighted by atomic mass is 79.9. The van der Waals surface area contributed by atoms with Gasteiger partial charge >= 0.3 is 11.9 Å². The standard InChI is InChI=1S/C24H26Br2O4S3/c1-3-5-7-11-29-23(27)15-13-19(32-21(15)25)17-9-10-18(31-17)20-14-16(22(26)33-20)24(28)30-12-8-6-4-2/h9-10,13-14H,3-8,11-12H2,1-2H3. The molecule has 0 bridgehead atoms. The monoisotopic (exact) mass is 632 g/mol. The van der Waals surface area contributed by atoms with Gasteiger partial charge in [0.25, 0.3) is 0 Å². The molecule has 3 rings (SSSR count). The largest absolute Gasteiger partial charge is 0.462 e. The molecule has 0 radical (unpaired) electrons. The van der Waals surface area contributed by atoms with Gasteiger partial charge in [0.1, 0.15) is 0 Å². The molecule has 0 aliphatic rings. The fraction of sp³-hybridized carbons (Fsp3) is 0.417. The zero-order valence-corrected chi connectivity index (χ0v) is 24.2. The predicted octanol–water partition coefficient (Wildman–Crippen LogP) is 9.42. The van der Waals surface area contributed by atoms with Gasteiger partial charge < -0.3 is 9.47 Å². The summed E-state index contributed by atoms with van der Waals surface area (Å²) in [7, 11) is 0. The van der Waals surface area contributed by atoms with Crippen molar-refractivity contribution < 1.29 is 19.1 Å². The molecule has 0 N–H and O–H groups in total. The Bertz CT molecular complexity index is 1000. The van der Waals surface area contributed by atoms with Crippen molar-refractivity contribution in [1.29, 1.82) is 0 Å². The van der Waals surface area contributed by atoms with Crippen LogP contribution in [0.3, 0.4) is 0 Å². The Morgan fingerprint density at radius 2 is 1.12 bits per heavy atom. The van der Waals surface area contributed by atoms with Crippen molar-refractivity contribution in [2.45, 2.75) is 52.4 Å². The number of rotatable bonds is 12. The minimum absolute atomic E-state index is 0.290. The van der Waals surface area contributed by atoms with E-state index < -0.39 is 0 Å². The highest BCUT2D eigenvalue weighted by Gasteiger charge is 2.20. The summed E-state index contributed by atoms with van der Waals surface area (Å²) in [6.07, 6.45) is 6.06. The lowest BCUT2D eigenvalue weighted by atomic mass is 10.2. The Kier molecular flexibility index (Phi) is 10.6. The second-order valence-corrected chi connectivity index (χ2v) is 13.3. The van der Waals surface area contributed by atoms with Crippen LogP contribution < -0.4 is 0 Å². The minimum atomic E-state index is -0.290. The summed E-state index contributed by atoms with van der Waals surface area (Å²) in [5.74, 6) is -0.580. The van der Waals surface area contributed by atoms with Gasteiger partial charge in [0.2, 0.25) is 0 Å². The van der Waals surface area contributed by atoms with Crippen molar-refractivity contribution in [3.8, 4) is 19.5 Å². The maximum Gasteiger partial charge on any atom is 0.340 e. The summed E-state index contributed by atoms with van der Waals surface area (Å²) in [5.41, 5.74) is 1.13. The van der Waals surface area contributed by atoms with Gasteiger partial charge in [0.05, 0.1) is 31.9 Å². The van der Waals surface area contributed by atoms with Crippen LogP contribution in [-0.2, 0) is 9.47 Å². The first-order valence-electron chi connectivity index (χ1n) is 11.0. The third kappa shape index (κ3) is 7.24. The predicted molar refractivity (Wildman–Crippen MR) is 146 cm³/mol. The van der Waals surface area contributed by atoms with Crippen LogP contribution in [0.2, 0.25) is 0 Å². The zero-order chi connectivity index (χ0) is 23.8. The van der Waals surface area contributed by atoms with Crippen LogP contribution in [0.25, 0.3) is 19.5 Å². The molecular formula is C24H26Br2O4S3. The fourth-order valence-corrected chi connectivity index (χ4v) is 7.56. The average Bonchev–Trinajstić information content (AvgIpc) is 3.52. The number of halogens is 2. The molecule has 0 fully saturated rings. The zero-order valence-electron chi connectivity index (χ0n) is 18.6. The molecule has 178 valence electrons. The van der Waals surface area contributed by atoms with Crippen LogP contribution in [0.15, 0.2) is 31.8 Å². The Morgan fingerprint density at radius 3 is 1.52 bits per heavy atom. The SMILES string of the molecule is CCCCCOC(=O)c1cc(-c2ccc(-c3cc(C(=O)OCCCCC)c(Br)s3)s2)sc1Br. The van der Waals surface area contributed by atoms with Crippen LogP contribution in [0, 0.1) is 0 Å². The van der Waals surface area contributed by atoms with Gasteiger partial charge in [-0.05, 0) is 69.0 Å². The topological polar surface area (TPSA) is 52.6 Å². The van der Waals surface area contributed by atoms with Gasteiger partial charge in [-0.25, -0.2) is 9.59 Å². The Labute approximate surface area is 223 Å². The van der Waals surface area contributed by atoms with Crippen molar-refractivity contribution in [2.24, 2.45) is 0 Å². The maximum atomic E-state index is 12.4. The molecule has 0 saturated heterocycles. The number of unbranched alkanes of at least 4 members (excludes halogenated alkanes) is 4. The van der Waals surface area contributed by atoms with Crippen LogP contribution in [0.4, 0.5) is 0 Å². The van der Waals surface area contributed by atoms with E-state index in [-0.39, 0.29) is 11.9 Å². The molecule has 0 amide bonds. The molecular weight excluding hydrogens is 608 g/mol. The first-order chi connectivity index (χ1) is 15.9. The summed E-state index contributed by atoms with van der Waals surface area (Å²) in [5, 5.41) is 0. The molecule has 0 saturated carbocycles. The highest BCUT2D eigenvalue weighted by Crippen LogP contribution is 2.44. The van der Waals surface area contributed by atoms with Crippen molar-refractivity contribution >= 4 is 77.8 Å². The summed E-state index contributed by atoms with van der Waals surface area (Å²) in [6, 6.07) is 7.86. The van der Waals surface area contributed by atoms with Gasteiger partial charge in [-0.3, -0.25) is 0 Å². The van der Waals surface area contributed by atoms with Gasteiger partial charge in [0, 0.05) is 19.5 Å². The lowest BCUT2D eigenvalue weighted by Crippen LogP contribution is -2.05. The average molecular weight is 634 g/mol. The Morgan fingerprint density at radius 1 is 0.697 bits per heavy atom. The second kappa shape index (κ2) is 13.2. The Hall–Kier alpha value is -1.00. The van der Waals surface area contributed by atoms with Crippen molar-refractivity contribution in [3.05, 3.63) is 43.0 Å². The van der Waals surface area contributed by atoms with Crippen molar-refractivity contribution in [2.75, 3.05) is 13.2 Å². The van der Waals surface area contributed by atoms with Gasteiger partial charge in [-0.15, -0.1) is 34.0 Å². The van der Waals surface area contributed by atoms with E-state index in [1.165, 1.54) is 22.7 Å². The number of hydrogen-bond donors (Lipinski definition) is 0. The molecule has 0 aliphatic heterocycles. The molecule has 33 heavy (non-hydrogen) atoms. The molecule has 3 aromatic heterocycles. The summed E-state index contributed by atoms with van der Waals surface area (Å²) in [6.45, 7) is 5.14. The summed E-state index contributed by atoms with van der Waals surface area (Å²) < 4.78 is 12.4. The van der Waals surface area contributed by atoms with Crippen LogP contribution in [0.5, 0.6) is 0 Å². The van der Waals surface area contributed by atoms with E-state index in [0.717, 1.165) is 65.6 Å². The highest BCUT2D eigenvalue weighted by molar-refractivity contribution is 9.11. The second-order valence-electron chi connectivity index (χ2n) is 7.45.